The summed E-state index contributed by atoms with van der Waals surface area (Å²) in [7, 11) is 0. The van der Waals surface area contributed by atoms with E-state index in [4.69, 9.17) is 0 Å². The summed E-state index contributed by atoms with van der Waals surface area (Å²) in [5.74, 6) is 0. The number of aromatic nitrogens is 1. The minimum Gasteiger partial charge on any atom is -0.324 e. The molecule has 2 rings (SSSR count). The van der Waals surface area contributed by atoms with Gasteiger partial charge in [0.1, 0.15) is 0 Å². The molecule has 0 bridgehead atoms. The number of rotatable bonds is 0. The highest BCUT2D eigenvalue weighted by Crippen LogP contribution is 2.11. The fraction of sp³-hybridized carbons (Fsp3) is 0.200. The van der Waals surface area contributed by atoms with E-state index in [2.05, 4.69) is 48.8 Å². The molecule has 1 heteroatoms. The number of fused-ring (bicyclic) bond motifs is 1. The summed E-state index contributed by atoms with van der Waals surface area (Å²) in [5.41, 5.74) is 3.97. The van der Waals surface area contributed by atoms with Crippen molar-refractivity contribution in [3.05, 3.63) is 41.7 Å². The molecule has 2 aromatic rings. The van der Waals surface area contributed by atoms with Crippen LogP contribution in [0.15, 0.2) is 30.6 Å². The highest BCUT2D eigenvalue weighted by Gasteiger charge is 1.94. The maximum Gasteiger partial charge on any atom is 0.0452 e. The van der Waals surface area contributed by atoms with E-state index >= 15 is 0 Å². The zero-order valence-electron chi connectivity index (χ0n) is 6.83. The van der Waals surface area contributed by atoms with Crippen LogP contribution in [0.25, 0.3) is 5.52 Å². The SMILES string of the molecule is Cc1cc2cccn2cc1C. The molecule has 0 saturated heterocycles. The van der Waals surface area contributed by atoms with E-state index in [1.54, 1.807) is 0 Å². The first-order valence-electron chi connectivity index (χ1n) is 3.81. The van der Waals surface area contributed by atoms with Crippen molar-refractivity contribution in [3.63, 3.8) is 0 Å². The van der Waals surface area contributed by atoms with Gasteiger partial charge in [0.15, 0.2) is 0 Å². The van der Waals surface area contributed by atoms with E-state index in [1.807, 2.05) is 0 Å². The number of nitrogens with zero attached hydrogens (tertiary/aromatic N) is 1. The van der Waals surface area contributed by atoms with Gasteiger partial charge in [0.25, 0.3) is 0 Å². The summed E-state index contributed by atoms with van der Waals surface area (Å²) in [5, 5.41) is 0. The molecule has 1 nitrogen and oxygen atoms in total. The average molecular weight is 145 g/mol. The molecule has 2 aromatic heterocycles. The van der Waals surface area contributed by atoms with Gasteiger partial charge < -0.3 is 4.40 Å². The van der Waals surface area contributed by atoms with Crippen LogP contribution >= 0.6 is 0 Å². The first-order valence-corrected chi connectivity index (χ1v) is 3.81. The molecule has 0 aromatic carbocycles. The van der Waals surface area contributed by atoms with Crippen molar-refractivity contribution in [1.82, 2.24) is 4.40 Å². The van der Waals surface area contributed by atoms with Gasteiger partial charge in [-0.2, -0.15) is 0 Å². The van der Waals surface area contributed by atoms with E-state index in [0.717, 1.165) is 0 Å². The molecular weight excluding hydrogens is 134 g/mol. The Balaban J connectivity index is 2.86. The van der Waals surface area contributed by atoms with Crippen molar-refractivity contribution in [2.45, 2.75) is 13.8 Å². The molecule has 0 unspecified atom stereocenters. The predicted octanol–water partition coefficient (Wildman–Crippen LogP) is 2.56. The molecule has 56 valence electrons. The molecule has 0 atom stereocenters. The van der Waals surface area contributed by atoms with Crippen LogP contribution in [0.1, 0.15) is 11.1 Å². The number of hydrogen-bond acceptors (Lipinski definition) is 0. The molecule has 0 N–H and O–H groups in total. The predicted molar refractivity (Wildman–Crippen MR) is 46.9 cm³/mol. The van der Waals surface area contributed by atoms with Gasteiger partial charge in [-0.3, -0.25) is 0 Å². The van der Waals surface area contributed by atoms with Gasteiger partial charge in [-0.15, -0.1) is 0 Å². The Bertz CT molecular complexity index is 349. The van der Waals surface area contributed by atoms with E-state index in [9.17, 15) is 0 Å². The molecule has 0 aliphatic heterocycles. The molecule has 0 amide bonds. The summed E-state index contributed by atoms with van der Waals surface area (Å²) in [6, 6.07) is 6.38. The van der Waals surface area contributed by atoms with Crippen LogP contribution in [0.4, 0.5) is 0 Å². The monoisotopic (exact) mass is 145 g/mol. The van der Waals surface area contributed by atoms with E-state index in [-0.39, 0.29) is 0 Å². The van der Waals surface area contributed by atoms with Crippen LogP contribution in [0, 0.1) is 13.8 Å². The average Bonchev–Trinajstić information content (AvgIpc) is 2.36. The lowest BCUT2D eigenvalue weighted by atomic mass is 10.2. The smallest absolute Gasteiger partial charge is 0.0452 e. The summed E-state index contributed by atoms with van der Waals surface area (Å²) in [6.07, 6.45) is 4.23. The second-order valence-corrected chi connectivity index (χ2v) is 2.98. The minimum atomic E-state index is 1.27. The molecular formula is C10H11N. The van der Waals surface area contributed by atoms with Crippen molar-refractivity contribution in [2.24, 2.45) is 0 Å². The van der Waals surface area contributed by atoms with Gasteiger partial charge in [-0.25, -0.2) is 0 Å². The molecule has 0 spiro atoms. The largest absolute Gasteiger partial charge is 0.324 e. The Morgan fingerprint density at radius 1 is 1.18 bits per heavy atom. The fourth-order valence-corrected chi connectivity index (χ4v) is 1.29. The van der Waals surface area contributed by atoms with Crippen LogP contribution in [0.3, 0.4) is 0 Å². The van der Waals surface area contributed by atoms with Gasteiger partial charge in [0, 0.05) is 17.9 Å². The topological polar surface area (TPSA) is 4.41 Å². The quantitative estimate of drug-likeness (QED) is 0.536. The highest BCUT2D eigenvalue weighted by atomic mass is 14.8. The molecule has 2 heterocycles. The van der Waals surface area contributed by atoms with Crippen LogP contribution in [-0.2, 0) is 0 Å². The Labute approximate surface area is 66.3 Å². The second kappa shape index (κ2) is 2.12. The summed E-state index contributed by atoms with van der Waals surface area (Å²) >= 11 is 0. The standard InChI is InChI=1S/C10H11N/c1-8-6-10-4-3-5-11(10)7-9(8)2/h3-7H,1-2H3. The van der Waals surface area contributed by atoms with Gasteiger partial charge in [0.05, 0.1) is 0 Å². The van der Waals surface area contributed by atoms with Gasteiger partial charge in [-0.05, 0) is 43.2 Å². The lowest BCUT2D eigenvalue weighted by Gasteiger charge is -2.00. The molecule has 0 aliphatic carbocycles. The van der Waals surface area contributed by atoms with Gasteiger partial charge in [0.2, 0.25) is 0 Å². The summed E-state index contributed by atoms with van der Waals surface area (Å²) in [6.45, 7) is 4.27. The third-order valence-electron chi connectivity index (χ3n) is 2.13. The van der Waals surface area contributed by atoms with Crippen LogP contribution < -0.4 is 0 Å². The first-order chi connectivity index (χ1) is 5.27. The van der Waals surface area contributed by atoms with Crippen molar-refractivity contribution in [2.75, 3.05) is 0 Å². The molecule has 0 fully saturated rings. The fourth-order valence-electron chi connectivity index (χ4n) is 1.29. The Morgan fingerprint density at radius 3 is 2.82 bits per heavy atom. The van der Waals surface area contributed by atoms with Crippen LogP contribution in [0.5, 0.6) is 0 Å². The molecule has 0 radical (unpaired) electrons. The van der Waals surface area contributed by atoms with Crippen molar-refractivity contribution >= 4 is 5.52 Å². The second-order valence-electron chi connectivity index (χ2n) is 2.98. The zero-order chi connectivity index (χ0) is 7.84. The van der Waals surface area contributed by atoms with Crippen molar-refractivity contribution < 1.29 is 0 Å². The number of aryl methyl sites for hydroxylation is 2. The summed E-state index contributed by atoms with van der Waals surface area (Å²) < 4.78 is 2.14. The Kier molecular flexibility index (Phi) is 1.25. The maximum absolute atomic E-state index is 2.20. The Hall–Kier alpha value is -1.24. The van der Waals surface area contributed by atoms with Crippen LogP contribution in [-0.4, -0.2) is 4.40 Å². The zero-order valence-corrected chi connectivity index (χ0v) is 6.83. The third-order valence-corrected chi connectivity index (χ3v) is 2.13. The van der Waals surface area contributed by atoms with Crippen molar-refractivity contribution in [3.8, 4) is 0 Å². The normalized spacial score (nSPS) is 10.7. The van der Waals surface area contributed by atoms with Gasteiger partial charge in [-0.1, -0.05) is 0 Å². The molecule has 0 saturated carbocycles. The molecule has 0 aliphatic rings. The van der Waals surface area contributed by atoms with E-state index in [1.165, 1.54) is 16.6 Å². The summed E-state index contributed by atoms with van der Waals surface area (Å²) in [4.78, 5) is 0. The van der Waals surface area contributed by atoms with E-state index in [0.29, 0.717) is 0 Å². The lowest BCUT2D eigenvalue weighted by molar-refractivity contribution is 1.14. The first kappa shape index (κ1) is 6.47. The van der Waals surface area contributed by atoms with Crippen molar-refractivity contribution in [1.29, 1.82) is 0 Å². The van der Waals surface area contributed by atoms with E-state index < -0.39 is 0 Å². The lowest BCUT2D eigenvalue weighted by Crippen LogP contribution is -1.86. The van der Waals surface area contributed by atoms with Crippen LogP contribution in [0.2, 0.25) is 0 Å². The minimum absolute atomic E-state index is 1.27. The van der Waals surface area contributed by atoms with Gasteiger partial charge >= 0.3 is 0 Å². The number of pyridine rings is 1. The maximum atomic E-state index is 2.20. The Morgan fingerprint density at radius 2 is 2.00 bits per heavy atom. The number of hydrogen-bond donors (Lipinski definition) is 0. The third kappa shape index (κ3) is 0.929. The highest BCUT2D eigenvalue weighted by molar-refractivity contribution is 5.50. The molecule has 11 heavy (non-hydrogen) atoms.